The van der Waals surface area contributed by atoms with Gasteiger partial charge >= 0.3 is 0 Å². The van der Waals surface area contributed by atoms with Crippen molar-refractivity contribution in [1.29, 1.82) is 0 Å². The SMILES string of the molecule is COc1ccc(CNc2ccc(NC(=O)c3ccc(F)c(F)c3)nc2)cc1. The fourth-order valence-corrected chi connectivity index (χ4v) is 2.35. The van der Waals surface area contributed by atoms with Gasteiger partial charge in [0.15, 0.2) is 11.6 Å². The number of ether oxygens (including phenoxy) is 1. The van der Waals surface area contributed by atoms with E-state index in [4.69, 9.17) is 4.74 Å². The Labute approximate surface area is 155 Å². The number of pyridine rings is 1. The monoisotopic (exact) mass is 369 g/mol. The second kappa shape index (κ2) is 8.27. The van der Waals surface area contributed by atoms with E-state index >= 15 is 0 Å². The van der Waals surface area contributed by atoms with Gasteiger partial charge in [0.05, 0.1) is 19.0 Å². The average molecular weight is 369 g/mol. The predicted octanol–water partition coefficient (Wildman–Crippen LogP) is 4.23. The molecule has 0 saturated carbocycles. The average Bonchev–Trinajstić information content (AvgIpc) is 2.70. The number of carbonyl (C=O) groups is 1. The standard InChI is InChI=1S/C20H17F2N3O2/c1-27-16-6-2-13(3-7-16)11-23-15-5-9-19(24-12-15)25-20(26)14-4-8-17(21)18(22)10-14/h2-10,12,23H,11H2,1H3,(H,24,25,26). The molecule has 7 heteroatoms. The lowest BCUT2D eigenvalue weighted by atomic mass is 10.2. The van der Waals surface area contributed by atoms with E-state index < -0.39 is 17.5 Å². The minimum atomic E-state index is -1.08. The van der Waals surface area contributed by atoms with Crippen LogP contribution in [0, 0.1) is 11.6 Å². The Morgan fingerprint density at radius 2 is 1.81 bits per heavy atom. The minimum Gasteiger partial charge on any atom is -0.497 e. The second-order valence-corrected chi connectivity index (χ2v) is 5.72. The van der Waals surface area contributed by atoms with Crippen LogP contribution in [-0.4, -0.2) is 18.0 Å². The highest BCUT2D eigenvalue weighted by molar-refractivity contribution is 6.03. The fourth-order valence-electron chi connectivity index (χ4n) is 2.35. The summed E-state index contributed by atoms with van der Waals surface area (Å²) in [6.07, 6.45) is 1.57. The van der Waals surface area contributed by atoms with E-state index in [1.807, 2.05) is 24.3 Å². The van der Waals surface area contributed by atoms with E-state index in [0.29, 0.717) is 12.4 Å². The summed E-state index contributed by atoms with van der Waals surface area (Å²) in [6, 6.07) is 14.0. The molecule has 0 bridgehead atoms. The van der Waals surface area contributed by atoms with E-state index in [0.717, 1.165) is 29.1 Å². The number of methoxy groups -OCH3 is 1. The van der Waals surface area contributed by atoms with Gasteiger partial charge in [-0.05, 0) is 48.0 Å². The van der Waals surface area contributed by atoms with Crippen LogP contribution in [0.3, 0.4) is 0 Å². The number of carbonyl (C=O) groups excluding carboxylic acids is 1. The molecule has 3 rings (SSSR count). The zero-order valence-corrected chi connectivity index (χ0v) is 14.5. The number of halogens is 2. The summed E-state index contributed by atoms with van der Waals surface area (Å²) in [5.74, 6) is -1.55. The largest absolute Gasteiger partial charge is 0.497 e. The molecule has 3 aromatic rings. The van der Waals surface area contributed by atoms with Crippen molar-refractivity contribution in [2.45, 2.75) is 6.54 Å². The first kappa shape index (κ1) is 18.3. The van der Waals surface area contributed by atoms with Crippen LogP contribution in [0.15, 0.2) is 60.8 Å². The lowest BCUT2D eigenvalue weighted by Gasteiger charge is -2.09. The van der Waals surface area contributed by atoms with Crippen LogP contribution in [0.1, 0.15) is 15.9 Å². The van der Waals surface area contributed by atoms with E-state index in [1.165, 1.54) is 6.07 Å². The van der Waals surface area contributed by atoms with Gasteiger partial charge in [0, 0.05) is 12.1 Å². The molecule has 5 nitrogen and oxygen atoms in total. The van der Waals surface area contributed by atoms with Gasteiger partial charge in [-0.15, -0.1) is 0 Å². The second-order valence-electron chi connectivity index (χ2n) is 5.72. The van der Waals surface area contributed by atoms with Crippen molar-refractivity contribution in [2.75, 3.05) is 17.7 Å². The van der Waals surface area contributed by atoms with Crippen LogP contribution >= 0.6 is 0 Å². The topological polar surface area (TPSA) is 63.2 Å². The molecule has 1 heterocycles. The molecule has 2 aromatic carbocycles. The number of nitrogens with one attached hydrogen (secondary N) is 2. The normalized spacial score (nSPS) is 10.3. The van der Waals surface area contributed by atoms with Gasteiger partial charge in [0.25, 0.3) is 5.91 Å². The molecule has 1 aromatic heterocycles. The summed E-state index contributed by atoms with van der Waals surface area (Å²) in [5.41, 5.74) is 1.86. The summed E-state index contributed by atoms with van der Waals surface area (Å²) in [6.45, 7) is 0.603. The van der Waals surface area contributed by atoms with E-state index in [9.17, 15) is 13.6 Å². The van der Waals surface area contributed by atoms with Crippen molar-refractivity contribution >= 4 is 17.4 Å². The van der Waals surface area contributed by atoms with Crippen molar-refractivity contribution < 1.29 is 18.3 Å². The van der Waals surface area contributed by atoms with Gasteiger partial charge in [-0.3, -0.25) is 4.79 Å². The zero-order chi connectivity index (χ0) is 19.2. The van der Waals surface area contributed by atoms with Crippen molar-refractivity contribution in [1.82, 2.24) is 4.98 Å². The van der Waals surface area contributed by atoms with Gasteiger partial charge in [-0.25, -0.2) is 13.8 Å². The van der Waals surface area contributed by atoms with Crippen LogP contribution in [0.2, 0.25) is 0 Å². The first-order valence-corrected chi connectivity index (χ1v) is 8.14. The van der Waals surface area contributed by atoms with Crippen LogP contribution in [0.25, 0.3) is 0 Å². The van der Waals surface area contributed by atoms with Crippen molar-refractivity contribution in [3.8, 4) is 5.75 Å². The molecular formula is C20H17F2N3O2. The molecule has 0 aliphatic carbocycles. The number of anilines is 2. The Balaban J connectivity index is 1.57. The summed E-state index contributed by atoms with van der Waals surface area (Å²) < 4.78 is 31.3. The first-order chi connectivity index (χ1) is 13.0. The molecule has 0 fully saturated rings. The van der Waals surface area contributed by atoms with Crippen molar-refractivity contribution in [3.63, 3.8) is 0 Å². The summed E-state index contributed by atoms with van der Waals surface area (Å²) in [5, 5.41) is 5.75. The fraction of sp³-hybridized carbons (Fsp3) is 0.100. The number of aromatic nitrogens is 1. The van der Waals surface area contributed by atoms with Crippen molar-refractivity contribution in [3.05, 3.63) is 83.6 Å². The molecule has 0 aliphatic heterocycles. The number of amides is 1. The van der Waals surface area contributed by atoms with Gasteiger partial charge in [0.1, 0.15) is 11.6 Å². The van der Waals surface area contributed by atoms with E-state index in [-0.39, 0.29) is 5.56 Å². The molecule has 27 heavy (non-hydrogen) atoms. The molecule has 1 amide bonds. The Morgan fingerprint density at radius 3 is 2.44 bits per heavy atom. The van der Waals surface area contributed by atoms with Crippen LogP contribution < -0.4 is 15.4 Å². The Morgan fingerprint density at radius 1 is 1.04 bits per heavy atom. The number of nitrogens with zero attached hydrogens (tertiary/aromatic N) is 1. The Kier molecular flexibility index (Phi) is 5.61. The Hall–Kier alpha value is -3.48. The highest BCUT2D eigenvalue weighted by atomic mass is 19.2. The maximum atomic E-state index is 13.2. The molecule has 138 valence electrons. The number of rotatable bonds is 6. The number of hydrogen-bond acceptors (Lipinski definition) is 4. The van der Waals surface area contributed by atoms with Gasteiger partial charge in [-0.1, -0.05) is 12.1 Å². The minimum absolute atomic E-state index is 0.0115. The highest BCUT2D eigenvalue weighted by Gasteiger charge is 2.10. The van der Waals surface area contributed by atoms with Crippen LogP contribution in [0.4, 0.5) is 20.3 Å². The van der Waals surface area contributed by atoms with Gasteiger partial charge in [-0.2, -0.15) is 0 Å². The third-order valence-corrected chi connectivity index (χ3v) is 3.84. The molecular weight excluding hydrogens is 352 g/mol. The zero-order valence-electron chi connectivity index (χ0n) is 14.5. The smallest absolute Gasteiger partial charge is 0.256 e. The first-order valence-electron chi connectivity index (χ1n) is 8.14. The number of hydrogen-bond donors (Lipinski definition) is 2. The molecule has 0 atom stereocenters. The molecule has 0 radical (unpaired) electrons. The molecule has 0 unspecified atom stereocenters. The van der Waals surface area contributed by atoms with E-state index in [2.05, 4.69) is 15.6 Å². The summed E-state index contributed by atoms with van der Waals surface area (Å²) in [7, 11) is 1.62. The highest BCUT2D eigenvalue weighted by Crippen LogP contribution is 2.15. The maximum absolute atomic E-state index is 13.2. The van der Waals surface area contributed by atoms with Gasteiger partial charge < -0.3 is 15.4 Å². The third kappa shape index (κ3) is 4.78. The lowest BCUT2D eigenvalue weighted by Crippen LogP contribution is -2.13. The number of benzene rings is 2. The van der Waals surface area contributed by atoms with Crippen LogP contribution in [-0.2, 0) is 6.54 Å². The summed E-state index contributed by atoms with van der Waals surface area (Å²) >= 11 is 0. The summed E-state index contributed by atoms with van der Waals surface area (Å²) in [4.78, 5) is 16.2. The maximum Gasteiger partial charge on any atom is 0.256 e. The third-order valence-electron chi connectivity index (χ3n) is 3.84. The molecule has 2 N–H and O–H groups in total. The van der Waals surface area contributed by atoms with Gasteiger partial charge in [0.2, 0.25) is 0 Å². The van der Waals surface area contributed by atoms with E-state index in [1.54, 1.807) is 25.4 Å². The van der Waals surface area contributed by atoms with Crippen molar-refractivity contribution in [2.24, 2.45) is 0 Å². The predicted molar refractivity (Wildman–Crippen MR) is 98.9 cm³/mol. The molecule has 0 saturated heterocycles. The Bertz CT molecular complexity index is 929. The van der Waals surface area contributed by atoms with Crippen LogP contribution in [0.5, 0.6) is 5.75 Å². The molecule has 0 aliphatic rings. The molecule has 0 spiro atoms. The lowest BCUT2D eigenvalue weighted by molar-refractivity contribution is 0.102. The quantitative estimate of drug-likeness (QED) is 0.682.